The topological polar surface area (TPSA) is 84.3 Å². The Morgan fingerprint density at radius 1 is 0.939 bits per heavy atom. The van der Waals surface area contributed by atoms with E-state index in [0.29, 0.717) is 5.56 Å². The Labute approximate surface area is 193 Å². The normalized spacial score (nSPS) is 11.5. The number of nitrogens with zero attached hydrogens (tertiary/aromatic N) is 3. The molecule has 0 aliphatic heterocycles. The molecule has 4 rings (SSSR count). The lowest BCUT2D eigenvalue weighted by Crippen LogP contribution is -2.23. The van der Waals surface area contributed by atoms with Crippen molar-refractivity contribution in [1.82, 2.24) is 19.4 Å². The van der Waals surface area contributed by atoms with Crippen LogP contribution in [0.15, 0.2) is 96.0 Å². The molecule has 0 radical (unpaired) electrons. The van der Waals surface area contributed by atoms with Gasteiger partial charge in [-0.25, -0.2) is 17.4 Å². The van der Waals surface area contributed by atoms with Gasteiger partial charge in [-0.15, -0.1) is 0 Å². The summed E-state index contributed by atoms with van der Waals surface area (Å²) in [5.74, 6) is -0.227. The summed E-state index contributed by atoms with van der Waals surface area (Å²) >= 11 is 0. The Balaban J connectivity index is 1.48. The fourth-order valence-corrected chi connectivity index (χ4v) is 4.29. The van der Waals surface area contributed by atoms with Crippen LogP contribution in [0.3, 0.4) is 0 Å². The van der Waals surface area contributed by atoms with Crippen molar-refractivity contribution in [3.05, 3.63) is 102 Å². The van der Waals surface area contributed by atoms with Crippen molar-refractivity contribution in [2.45, 2.75) is 11.4 Å². The monoisotopic (exact) mass is 460 g/mol. The number of benzene rings is 3. The lowest BCUT2D eigenvalue weighted by Gasteiger charge is -2.12. The lowest BCUT2D eigenvalue weighted by molar-refractivity contribution is 0.0951. The maximum absolute atomic E-state index is 12.8. The van der Waals surface area contributed by atoms with Crippen LogP contribution in [0.5, 0.6) is 0 Å². The molecular formula is C25H24N4O3S. The van der Waals surface area contributed by atoms with Gasteiger partial charge < -0.3 is 5.32 Å². The molecule has 7 nitrogen and oxygen atoms in total. The minimum absolute atomic E-state index is 0.212. The molecule has 4 aromatic rings. The summed E-state index contributed by atoms with van der Waals surface area (Å²) in [5, 5.41) is 7.32. The van der Waals surface area contributed by atoms with E-state index in [1.807, 2.05) is 48.5 Å². The fourth-order valence-electron chi connectivity index (χ4n) is 3.39. The summed E-state index contributed by atoms with van der Waals surface area (Å²) in [6.07, 6.45) is 1.73. The summed E-state index contributed by atoms with van der Waals surface area (Å²) in [5.41, 5.74) is 4.06. The van der Waals surface area contributed by atoms with Gasteiger partial charge >= 0.3 is 0 Å². The Morgan fingerprint density at radius 2 is 1.67 bits per heavy atom. The number of carbonyl (C=O) groups excluding carboxylic acids is 1. The standard InChI is InChI=1S/C25H24N4O3S/c1-28(2)33(31,32)23-13-11-19(12-14-23)18-26-25(30)21-9-6-10-22(17-21)29-24(15-16-27-29)20-7-4-3-5-8-20/h3-17H,18H2,1-2H3,(H,26,30). The third kappa shape index (κ3) is 4.87. The van der Waals surface area contributed by atoms with Crippen molar-refractivity contribution in [1.29, 1.82) is 0 Å². The maximum Gasteiger partial charge on any atom is 0.251 e. The SMILES string of the molecule is CN(C)S(=O)(=O)c1ccc(CNC(=O)c2cccc(-n3nccc3-c3ccccc3)c2)cc1. The van der Waals surface area contributed by atoms with Crippen LogP contribution < -0.4 is 5.32 Å². The van der Waals surface area contributed by atoms with Crippen LogP contribution in [-0.2, 0) is 16.6 Å². The molecule has 1 amide bonds. The summed E-state index contributed by atoms with van der Waals surface area (Å²) in [6.45, 7) is 0.280. The lowest BCUT2D eigenvalue weighted by atomic mass is 10.1. The summed E-state index contributed by atoms with van der Waals surface area (Å²) in [7, 11) is -0.501. The molecule has 1 N–H and O–H groups in total. The van der Waals surface area contributed by atoms with Gasteiger partial charge in [-0.2, -0.15) is 5.10 Å². The first-order chi connectivity index (χ1) is 15.9. The van der Waals surface area contributed by atoms with Gasteiger partial charge in [0.2, 0.25) is 10.0 Å². The number of sulfonamides is 1. The van der Waals surface area contributed by atoms with Crippen LogP contribution in [0.2, 0.25) is 0 Å². The molecule has 168 valence electrons. The molecular weight excluding hydrogens is 436 g/mol. The highest BCUT2D eigenvalue weighted by molar-refractivity contribution is 7.89. The zero-order chi connectivity index (χ0) is 23.4. The van der Waals surface area contributed by atoms with Gasteiger partial charge in [-0.05, 0) is 42.0 Å². The Kier molecular flexibility index (Phi) is 6.39. The van der Waals surface area contributed by atoms with E-state index in [1.54, 1.807) is 47.3 Å². The van der Waals surface area contributed by atoms with Crippen molar-refractivity contribution in [2.24, 2.45) is 0 Å². The van der Waals surface area contributed by atoms with Crippen LogP contribution in [-0.4, -0.2) is 42.5 Å². The second kappa shape index (κ2) is 9.40. The quantitative estimate of drug-likeness (QED) is 0.456. The van der Waals surface area contributed by atoms with Crippen LogP contribution in [0.25, 0.3) is 16.9 Å². The van der Waals surface area contributed by atoms with E-state index in [-0.39, 0.29) is 17.3 Å². The van der Waals surface area contributed by atoms with Gasteiger partial charge in [0, 0.05) is 31.8 Å². The molecule has 1 heterocycles. The zero-order valence-electron chi connectivity index (χ0n) is 18.3. The average molecular weight is 461 g/mol. The van der Waals surface area contributed by atoms with Crippen molar-refractivity contribution >= 4 is 15.9 Å². The Hall–Kier alpha value is -3.75. The number of aromatic nitrogens is 2. The van der Waals surface area contributed by atoms with Crippen molar-refractivity contribution in [3.63, 3.8) is 0 Å². The molecule has 0 saturated carbocycles. The smallest absolute Gasteiger partial charge is 0.251 e. The first kappa shape index (κ1) is 22.4. The third-order valence-electron chi connectivity index (χ3n) is 5.22. The number of hydrogen-bond acceptors (Lipinski definition) is 4. The second-order valence-electron chi connectivity index (χ2n) is 7.66. The highest BCUT2D eigenvalue weighted by Gasteiger charge is 2.16. The van der Waals surface area contributed by atoms with E-state index >= 15 is 0 Å². The molecule has 0 saturated heterocycles. The van der Waals surface area contributed by atoms with Gasteiger partial charge in [-0.1, -0.05) is 48.5 Å². The number of amides is 1. The van der Waals surface area contributed by atoms with Crippen molar-refractivity contribution < 1.29 is 13.2 Å². The predicted molar refractivity (Wildman–Crippen MR) is 127 cm³/mol. The second-order valence-corrected chi connectivity index (χ2v) is 9.81. The summed E-state index contributed by atoms with van der Waals surface area (Å²) < 4.78 is 27.3. The highest BCUT2D eigenvalue weighted by Crippen LogP contribution is 2.22. The summed E-state index contributed by atoms with van der Waals surface area (Å²) in [6, 6.07) is 25.6. The fraction of sp³-hybridized carbons (Fsp3) is 0.120. The molecule has 0 aliphatic rings. The molecule has 33 heavy (non-hydrogen) atoms. The molecule has 1 aromatic heterocycles. The number of carbonyl (C=O) groups is 1. The van der Waals surface area contributed by atoms with E-state index in [4.69, 9.17) is 0 Å². The van der Waals surface area contributed by atoms with Crippen LogP contribution in [0.1, 0.15) is 15.9 Å². The van der Waals surface area contributed by atoms with E-state index in [9.17, 15) is 13.2 Å². The first-order valence-corrected chi connectivity index (χ1v) is 11.8. The van der Waals surface area contributed by atoms with Gasteiger partial charge in [0.05, 0.1) is 22.5 Å². The average Bonchev–Trinajstić information content (AvgIpc) is 3.33. The number of hydrogen-bond donors (Lipinski definition) is 1. The van der Waals surface area contributed by atoms with Gasteiger partial charge in [0.1, 0.15) is 0 Å². The van der Waals surface area contributed by atoms with Gasteiger partial charge in [0.25, 0.3) is 5.91 Å². The molecule has 0 unspecified atom stereocenters. The molecule has 0 spiro atoms. The largest absolute Gasteiger partial charge is 0.348 e. The van der Waals surface area contributed by atoms with Crippen molar-refractivity contribution in [3.8, 4) is 16.9 Å². The zero-order valence-corrected chi connectivity index (χ0v) is 19.2. The van der Waals surface area contributed by atoms with Crippen LogP contribution in [0.4, 0.5) is 0 Å². The van der Waals surface area contributed by atoms with Gasteiger partial charge in [0.15, 0.2) is 0 Å². The first-order valence-electron chi connectivity index (χ1n) is 10.4. The number of rotatable bonds is 7. The highest BCUT2D eigenvalue weighted by atomic mass is 32.2. The Morgan fingerprint density at radius 3 is 2.36 bits per heavy atom. The third-order valence-corrected chi connectivity index (χ3v) is 7.05. The minimum atomic E-state index is -3.48. The van der Waals surface area contributed by atoms with E-state index in [1.165, 1.54) is 18.4 Å². The Bertz CT molecular complexity index is 1360. The minimum Gasteiger partial charge on any atom is -0.348 e. The molecule has 0 bridgehead atoms. The van der Waals surface area contributed by atoms with E-state index in [0.717, 1.165) is 22.5 Å². The van der Waals surface area contributed by atoms with Gasteiger partial charge in [-0.3, -0.25) is 4.79 Å². The maximum atomic E-state index is 12.8. The number of nitrogens with one attached hydrogen (secondary N) is 1. The predicted octanol–water partition coefficient (Wildman–Crippen LogP) is 3.72. The molecule has 8 heteroatoms. The summed E-state index contributed by atoms with van der Waals surface area (Å²) in [4.78, 5) is 13.0. The van der Waals surface area contributed by atoms with E-state index in [2.05, 4.69) is 10.4 Å². The van der Waals surface area contributed by atoms with Crippen molar-refractivity contribution in [2.75, 3.05) is 14.1 Å². The van der Waals surface area contributed by atoms with Crippen LogP contribution >= 0.6 is 0 Å². The molecule has 0 fully saturated rings. The van der Waals surface area contributed by atoms with Crippen LogP contribution in [0, 0.1) is 0 Å². The molecule has 0 aliphatic carbocycles. The molecule has 0 atom stereocenters. The molecule has 3 aromatic carbocycles. The van der Waals surface area contributed by atoms with E-state index < -0.39 is 10.0 Å².